The number of benzene rings is 2. The third kappa shape index (κ3) is 5.68. The second-order valence-electron chi connectivity index (χ2n) is 10.1. The Morgan fingerprint density at radius 1 is 1.07 bits per heavy atom. The number of methoxy groups -OCH3 is 3. The lowest BCUT2D eigenvalue weighted by atomic mass is 9.98. The molecule has 0 saturated carbocycles. The molecule has 11 heteroatoms. The minimum Gasteiger partial charge on any atom is -0.493 e. The Morgan fingerprint density at radius 2 is 1.90 bits per heavy atom. The van der Waals surface area contributed by atoms with Gasteiger partial charge in [0.15, 0.2) is 17.1 Å². The molecule has 4 aromatic rings. The first-order valence-corrected chi connectivity index (χ1v) is 13.6. The van der Waals surface area contributed by atoms with E-state index in [1.807, 2.05) is 48.7 Å². The molecule has 0 radical (unpaired) electrons. The van der Waals surface area contributed by atoms with Crippen LogP contribution in [0.4, 0.5) is 0 Å². The SMILES string of the molecule is COC(=O)C(C)(C)OCc1cnnn1CC[C@H]1O[C@H](c2cccc(OC)c2OC)c2cc(Cl)ccc2-n2cccc21. The Balaban J connectivity index is 1.47. The lowest BCUT2D eigenvalue weighted by Crippen LogP contribution is -2.36. The Hall–Kier alpha value is -3.86. The molecule has 0 fully saturated rings. The quantitative estimate of drug-likeness (QED) is 0.228. The summed E-state index contributed by atoms with van der Waals surface area (Å²) in [4.78, 5) is 12.1. The molecule has 41 heavy (non-hydrogen) atoms. The zero-order valence-electron chi connectivity index (χ0n) is 23.7. The highest BCUT2D eigenvalue weighted by Gasteiger charge is 2.33. The van der Waals surface area contributed by atoms with Crippen LogP contribution in [0, 0.1) is 0 Å². The van der Waals surface area contributed by atoms with E-state index in [1.165, 1.54) is 7.11 Å². The summed E-state index contributed by atoms with van der Waals surface area (Å²) >= 11 is 6.51. The molecule has 3 heterocycles. The van der Waals surface area contributed by atoms with Crippen molar-refractivity contribution in [3.63, 3.8) is 0 Å². The zero-order chi connectivity index (χ0) is 29.1. The van der Waals surface area contributed by atoms with Crippen molar-refractivity contribution in [3.8, 4) is 17.2 Å². The number of carbonyl (C=O) groups is 1. The molecule has 0 spiro atoms. The van der Waals surface area contributed by atoms with Gasteiger partial charge in [-0.3, -0.25) is 0 Å². The molecular formula is C30H33ClN4O6. The maximum atomic E-state index is 12.1. The van der Waals surface area contributed by atoms with Crippen molar-refractivity contribution in [2.45, 2.75) is 51.2 Å². The first-order valence-electron chi connectivity index (χ1n) is 13.2. The first kappa shape index (κ1) is 28.7. The summed E-state index contributed by atoms with van der Waals surface area (Å²) in [5, 5.41) is 8.95. The van der Waals surface area contributed by atoms with E-state index < -0.39 is 17.7 Å². The van der Waals surface area contributed by atoms with Crippen LogP contribution >= 0.6 is 11.6 Å². The normalized spacial score (nSPS) is 16.4. The molecule has 216 valence electrons. The lowest BCUT2D eigenvalue weighted by Gasteiger charge is -2.25. The van der Waals surface area contributed by atoms with Crippen LogP contribution in [0.25, 0.3) is 5.69 Å². The van der Waals surface area contributed by atoms with Crippen LogP contribution in [0.5, 0.6) is 11.5 Å². The number of para-hydroxylation sites is 1. The van der Waals surface area contributed by atoms with Gasteiger partial charge in [0.25, 0.3) is 0 Å². The standard InChI is InChI=1S/C30H33ClN4O6/c1-30(2,29(36)39-5)40-18-20-17-32-33-35(20)15-13-25-24-9-7-14-34(24)23-12-11-19(31)16-22(23)27(41-25)21-8-6-10-26(37-3)28(21)38-4/h6-12,14,16-17,25,27H,13,15,18H2,1-5H3/t25-,27-/m1/s1. The number of esters is 1. The predicted molar refractivity (Wildman–Crippen MR) is 152 cm³/mol. The minimum atomic E-state index is -1.11. The molecule has 0 saturated heterocycles. The number of halogens is 1. The van der Waals surface area contributed by atoms with E-state index >= 15 is 0 Å². The number of ether oxygens (including phenoxy) is 5. The van der Waals surface area contributed by atoms with Crippen LogP contribution in [-0.2, 0) is 32.2 Å². The molecule has 2 aromatic heterocycles. The molecule has 2 aromatic carbocycles. The van der Waals surface area contributed by atoms with Crippen molar-refractivity contribution in [1.29, 1.82) is 0 Å². The average molecular weight is 581 g/mol. The van der Waals surface area contributed by atoms with Crippen molar-refractivity contribution >= 4 is 17.6 Å². The van der Waals surface area contributed by atoms with Gasteiger partial charge in [-0.15, -0.1) is 5.10 Å². The Morgan fingerprint density at radius 3 is 2.66 bits per heavy atom. The molecule has 1 aliphatic heterocycles. The molecule has 5 rings (SSSR count). The molecule has 0 unspecified atom stereocenters. The molecule has 1 aliphatic rings. The number of nitrogens with zero attached hydrogens (tertiary/aromatic N) is 4. The highest BCUT2D eigenvalue weighted by Crippen LogP contribution is 2.46. The highest BCUT2D eigenvalue weighted by atomic mass is 35.5. The van der Waals surface area contributed by atoms with Gasteiger partial charge in [0.05, 0.1) is 51.2 Å². The Labute approximate surface area is 243 Å². The number of hydrogen-bond acceptors (Lipinski definition) is 8. The number of aromatic nitrogens is 4. The van der Waals surface area contributed by atoms with Crippen LogP contribution in [-0.4, -0.2) is 52.5 Å². The fourth-order valence-corrected chi connectivity index (χ4v) is 5.27. The highest BCUT2D eigenvalue weighted by molar-refractivity contribution is 6.30. The van der Waals surface area contributed by atoms with E-state index in [0.717, 1.165) is 28.2 Å². The molecule has 0 aliphatic carbocycles. The molecule has 0 bridgehead atoms. The fourth-order valence-electron chi connectivity index (χ4n) is 5.09. The second-order valence-corrected chi connectivity index (χ2v) is 10.6. The van der Waals surface area contributed by atoms with Crippen LogP contribution in [0.2, 0.25) is 5.02 Å². The van der Waals surface area contributed by atoms with Gasteiger partial charge in [0, 0.05) is 28.9 Å². The molecule has 0 N–H and O–H groups in total. The summed E-state index contributed by atoms with van der Waals surface area (Å²) in [6, 6.07) is 15.6. The maximum Gasteiger partial charge on any atom is 0.337 e. The maximum absolute atomic E-state index is 12.1. The summed E-state index contributed by atoms with van der Waals surface area (Å²) in [6.07, 6.45) is 3.39. The van der Waals surface area contributed by atoms with E-state index in [4.69, 9.17) is 35.3 Å². The van der Waals surface area contributed by atoms with E-state index in [1.54, 1.807) is 38.9 Å². The summed E-state index contributed by atoms with van der Waals surface area (Å²) in [7, 11) is 4.57. The summed E-state index contributed by atoms with van der Waals surface area (Å²) in [5.41, 5.74) is 3.31. The van der Waals surface area contributed by atoms with Gasteiger partial charge in [-0.05, 0) is 56.7 Å². The van der Waals surface area contributed by atoms with Gasteiger partial charge in [0.1, 0.15) is 12.2 Å². The third-order valence-electron chi connectivity index (χ3n) is 7.22. The van der Waals surface area contributed by atoms with E-state index in [2.05, 4.69) is 20.9 Å². The lowest BCUT2D eigenvalue weighted by molar-refractivity contribution is -0.166. The number of hydrogen-bond donors (Lipinski definition) is 0. The van der Waals surface area contributed by atoms with Crippen LogP contribution in [0.3, 0.4) is 0 Å². The van der Waals surface area contributed by atoms with Gasteiger partial charge >= 0.3 is 5.97 Å². The molecular weight excluding hydrogens is 548 g/mol. The third-order valence-corrected chi connectivity index (χ3v) is 7.45. The van der Waals surface area contributed by atoms with Crippen molar-refractivity contribution in [1.82, 2.24) is 19.6 Å². The largest absolute Gasteiger partial charge is 0.493 e. The van der Waals surface area contributed by atoms with Gasteiger partial charge in [-0.1, -0.05) is 28.9 Å². The molecule has 10 nitrogen and oxygen atoms in total. The first-order chi connectivity index (χ1) is 19.8. The fraction of sp³-hybridized carbons (Fsp3) is 0.367. The van der Waals surface area contributed by atoms with Crippen LogP contribution < -0.4 is 9.47 Å². The van der Waals surface area contributed by atoms with Crippen molar-refractivity contribution in [2.24, 2.45) is 0 Å². The topological polar surface area (TPSA) is 98.9 Å². The van der Waals surface area contributed by atoms with Gasteiger partial charge in [-0.25, -0.2) is 9.48 Å². The van der Waals surface area contributed by atoms with Crippen LogP contribution in [0.15, 0.2) is 60.9 Å². The van der Waals surface area contributed by atoms with Gasteiger partial charge in [-0.2, -0.15) is 0 Å². The van der Waals surface area contributed by atoms with Gasteiger partial charge < -0.3 is 28.3 Å². The summed E-state index contributed by atoms with van der Waals surface area (Å²) in [6.45, 7) is 3.96. The summed E-state index contributed by atoms with van der Waals surface area (Å²) < 4.78 is 32.9. The predicted octanol–water partition coefficient (Wildman–Crippen LogP) is 5.46. The zero-order valence-corrected chi connectivity index (χ0v) is 24.4. The minimum absolute atomic E-state index is 0.143. The molecule has 0 amide bonds. The Bertz CT molecular complexity index is 1530. The van der Waals surface area contributed by atoms with Gasteiger partial charge in [0.2, 0.25) is 0 Å². The number of aryl methyl sites for hydroxylation is 1. The molecule has 2 atom stereocenters. The van der Waals surface area contributed by atoms with Crippen LogP contribution in [0.1, 0.15) is 55.0 Å². The number of carbonyl (C=O) groups excluding carboxylic acids is 1. The Kier molecular flexibility index (Phi) is 8.35. The monoisotopic (exact) mass is 580 g/mol. The number of rotatable bonds is 10. The smallest absolute Gasteiger partial charge is 0.337 e. The van der Waals surface area contributed by atoms with E-state index in [9.17, 15) is 4.79 Å². The second kappa shape index (κ2) is 11.9. The summed E-state index contributed by atoms with van der Waals surface area (Å²) in [5.74, 6) is 0.753. The van der Waals surface area contributed by atoms with Crippen molar-refractivity contribution in [2.75, 3.05) is 21.3 Å². The number of fused-ring (bicyclic) bond motifs is 3. The average Bonchev–Trinajstić information content (AvgIpc) is 3.63. The van der Waals surface area contributed by atoms with E-state index in [-0.39, 0.29) is 12.7 Å². The van der Waals surface area contributed by atoms with E-state index in [0.29, 0.717) is 29.5 Å². The van der Waals surface area contributed by atoms with Crippen molar-refractivity contribution in [3.05, 3.63) is 88.5 Å². The van der Waals surface area contributed by atoms with Crippen molar-refractivity contribution < 1.29 is 28.5 Å².